The number of likely N-dealkylation sites (N-methyl/N-ethyl adjacent to an activating group) is 1. The van der Waals surface area contributed by atoms with Gasteiger partial charge >= 0.3 is 0 Å². The second-order valence-corrected chi connectivity index (χ2v) is 19.4. The summed E-state index contributed by atoms with van der Waals surface area (Å²) in [6, 6.07) is 13.6. The first-order valence-corrected chi connectivity index (χ1v) is 18.6. The largest absolute Gasteiger partial charge is 0.412 e. The summed E-state index contributed by atoms with van der Waals surface area (Å²) < 4.78 is 22.5. The van der Waals surface area contributed by atoms with Gasteiger partial charge in [0.2, 0.25) is 0 Å². The maximum Gasteiger partial charge on any atom is 0.270 e. The van der Waals surface area contributed by atoms with Crippen LogP contribution in [0, 0.1) is 34.4 Å². The van der Waals surface area contributed by atoms with Gasteiger partial charge in [0.1, 0.15) is 40.3 Å². The Kier molecular flexibility index (Phi) is 9.82. The van der Waals surface area contributed by atoms with E-state index in [9.17, 15) is 19.7 Å². The van der Waals surface area contributed by atoms with Crippen LogP contribution in [0.1, 0.15) is 77.6 Å². The molecule has 244 valence electrons. The summed E-state index contributed by atoms with van der Waals surface area (Å²) in [5, 5.41) is 24.4. The fraction of sp³-hybridized carbons (Fsp3) is 0.514. The van der Waals surface area contributed by atoms with Crippen LogP contribution in [0.3, 0.4) is 0 Å². The van der Waals surface area contributed by atoms with Crippen LogP contribution in [-0.4, -0.2) is 48.4 Å². The van der Waals surface area contributed by atoms with Crippen molar-refractivity contribution in [3.63, 3.8) is 0 Å². The van der Waals surface area contributed by atoms with Gasteiger partial charge in [-0.3, -0.25) is 4.79 Å². The maximum atomic E-state index is 13.9. The first-order valence-electron chi connectivity index (χ1n) is 15.6. The van der Waals surface area contributed by atoms with E-state index in [1.165, 1.54) is 16.7 Å². The van der Waals surface area contributed by atoms with Crippen molar-refractivity contribution >= 4 is 30.7 Å². The first kappa shape index (κ1) is 34.8. The van der Waals surface area contributed by atoms with E-state index in [-0.39, 0.29) is 40.2 Å². The van der Waals surface area contributed by atoms with Crippen molar-refractivity contribution in [2.75, 3.05) is 11.9 Å². The summed E-state index contributed by atoms with van der Waals surface area (Å²) in [6.07, 6.45) is 1.63. The number of benzene rings is 1. The molecule has 0 radical (unpaired) electrons. The predicted octanol–water partition coefficient (Wildman–Crippen LogP) is 7.03. The van der Waals surface area contributed by atoms with Crippen LogP contribution in [0.5, 0.6) is 0 Å². The molecule has 0 amide bonds. The molecule has 3 aromatic rings. The highest BCUT2D eigenvalue weighted by Crippen LogP contribution is 2.42. The van der Waals surface area contributed by atoms with Crippen molar-refractivity contribution < 1.29 is 13.7 Å². The summed E-state index contributed by atoms with van der Waals surface area (Å²) in [5.74, 6) is -0.390. The molecule has 0 saturated heterocycles. The molecule has 1 aliphatic carbocycles. The van der Waals surface area contributed by atoms with Gasteiger partial charge in [0.25, 0.3) is 5.56 Å². The van der Waals surface area contributed by atoms with Gasteiger partial charge in [-0.2, -0.15) is 10.5 Å². The van der Waals surface area contributed by atoms with Crippen LogP contribution in [0.15, 0.2) is 46.3 Å². The van der Waals surface area contributed by atoms with Crippen LogP contribution in [0.25, 0.3) is 11.0 Å². The van der Waals surface area contributed by atoms with E-state index < -0.39 is 19.5 Å². The lowest BCUT2D eigenvalue weighted by Crippen LogP contribution is -2.54. The van der Waals surface area contributed by atoms with Crippen LogP contribution in [0.2, 0.25) is 18.1 Å². The second kappa shape index (κ2) is 13.0. The van der Waals surface area contributed by atoms with Gasteiger partial charge in [0.05, 0.1) is 29.1 Å². The minimum atomic E-state index is -2.33. The van der Waals surface area contributed by atoms with Gasteiger partial charge in [0, 0.05) is 20.0 Å². The highest BCUT2D eigenvalue weighted by atomic mass is 28.4. The third kappa shape index (κ3) is 7.16. The molecule has 9 nitrogen and oxygen atoms in total. The molecule has 3 atom stereocenters. The van der Waals surface area contributed by atoms with Gasteiger partial charge in [-0.05, 0) is 88.0 Å². The molecule has 0 spiro atoms. The number of halogens is 1. The van der Waals surface area contributed by atoms with E-state index in [4.69, 9.17) is 9.26 Å². The average Bonchev–Trinajstić information content (AvgIpc) is 2.98. The smallest absolute Gasteiger partial charge is 0.270 e. The molecule has 2 aromatic heterocycles. The summed E-state index contributed by atoms with van der Waals surface area (Å²) >= 11 is 0. The molecule has 2 heterocycles. The number of nitriles is 2. The van der Waals surface area contributed by atoms with Gasteiger partial charge in [-0.1, -0.05) is 38.1 Å². The highest BCUT2D eigenvalue weighted by molar-refractivity contribution is 6.74. The van der Waals surface area contributed by atoms with E-state index in [1.807, 2.05) is 32.7 Å². The van der Waals surface area contributed by atoms with Crippen LogP contribution in [0.4, 0.5) is 10.1 Å². The number of rotatable bonds is 7. The molecular formula is C35H45FN6O3Si. The number of hydrogen-bond acceptors (Lipinski definition) is 8. The molecule has 11 heteroatoms. The SMILES string of the molecule is CN(c1c(C#N)c(=O)n(C)c2ccc(C#N)nc12)[C@@H]1CC[C@@H](/C(=N/OC(C)(C)C)c2ccc(F)cc2)C[C@@H]1O[Si](C)(C)C(C)(C)C. The van der Waals surface area contributed by atoms with Gasteiger partial charge < -0.3 is 18.7 Å². The zero-order valence-corrected chi connectivity index (χ0v) is 29.6. The lowest BCUT2D eigenvalue weighted by molar-refractivity contribution is -0.000552. The fourth-order valence-electron chi connectivity index (χ4n) is 5.72. The van der Waals surface area contributed by atoms with Crippen molar-refractivity contribution in [2.45, 2.75) is 96.7 Å². The molecule has 1 aromatic carbocycles. The molecular weight excluding hydrogens is 600 g/mol. The molecule has 0 N–H and O–H groups in total. The average molecular weight is 645 g/mol. The number of pyridine rings is 2. The summed E-state index contributed by atoms with van der Waals surface area (Å²) in [7, 11) is 1.15. The van der Waals surface area contributed by atoms with Crippen molar-refractivity contribution in [1.29, 1.82) is 10.5 Å². The van der Waals surface area contributed by atoms with Crippen LogP contribution in [-0.2, 0) is 16.3 Å². The Morgan fingerprint density at radius 2 is 1.72 bits per heavy atom. The van der Waals surface area contributed by atoms with Crippen molar-refractivity contribution in [1.82, 2.24) is 9.55 Å². The zero-order chi connectivity index (χ0) is 34.2. The molecule has 0 unspecified atom stereocenters. The molecule has 0 aliphatic heterocycles. The minimum absolute atomic E-state index is 0.0274. The van der Waals surface area contributed by atoms with E-state index in [2.05, 4.69) is 56.1 Å². The molecule has 0 bridgehead atoms. The van der Waals surface area contributed by atoms with E-state index in [0.29, 0.717) is 36.0 Å². The number of nitrogens with zero attached hydrogens (tertiary/aromatic N) is 6. The Balaban J connectivity index is 1.86. The van der Waals surface area contributed by atoms with Crippen molar-refractivity contribution in [3.05, 3.63) is 69.4 Å². The number of aryl methyl sites for hydroxylation is 1. The number of aromatic nitrogens is 2. The van der Waals surface area contributed by atoms with Crippen LogP contribution >= 0.6 is 0 Å². The Bertz CT molecular complexity index is 1770. The summed E-state index contributed by atoms with van der Waals surface area (Å²) in [6.45, 7) is 16.8. The summed E-state index contributed by atoms with van der Waals surface area (Å²) in [4.78, 5) is 25.9. The van der Waals surface area contributed by atoms with Gasteiger partial charge in [0.15, 0.2) is 8.32 Å². The zero-order valence-electron chi connectivity index (χ0n) is 28.6. The predicted molar refractivity (Wildman–Crippen MR) is 182 cm³/mol. The second-order valence-electron chi connectivity index (χ2n) is 14.7. The lowest BCUT2D eigenvalue weighted by Gasteiger charge is -2.47. The van der Waals surface area contributed by atoms with Gasteiger partial charge in [-0.25, -0.2) is 9.37 Å². The number of anilines is 1. The lowest BCUT2D eigenvalue weighted by atomic mass is 9.78. The number of hydrogen-bond donors (Lipinski definition) is 0. The molecule has 1 aliphatic rings. The monoisotopic (exact) mass is 644 g/mol. The first-order chi connectivity index (χ1) is 21.4. The summed E-state index contributed by atoms with van der Waals surface area (Å²) in [5.41, 5.74) is 2.08. The van der Waals surface area contributed by atoms with Crippen molar-refractivity contribution in [3.8, 4) is 12.1 Å². The number of fused-ring (bicyclic) bond motifs is 1. The quantitative estimate of drug-likeness (QED) is 0.154. The van der Waals surface area contributed by atoms with E-state index >= 15 is 0 Å². The normalized spacial score (nSPS) is 19.4. The Labute approximate surface area is 272 Å². The molecule has 46 heavy (non-hydrogen) atoms. The molecule has 1 fully saturated rings. The topological polar surface area (TPSA) is 117 Å². The Morgan fingerprint density at radius 1 is 1.07 bits per heavy atom. The minimum Gasteiger partial charge on any atom is -0.412 e. The fourth-order valence-corrected chi connectivity index (χ4v) is 7.09. The maximum absolute atomic E-state index is 13.9. The standard InChI is InChI=1S/C35H45FN6O3Si/c1-34(2,3)45-40-30(22-11-14-24(36)15-12-22)23-13-17-27(29(19-23)44-46(9,10)35(4,5)6)41(7)32-26(21-38)33(43)42(8)28-18-16-25(20-37)39-31(28)32/h11-12,14-16,18,23,27,29H,13,17,19H2,1-10H3/b40-30+/t23-,27-,29+/m1/s1. The van der Waals surface area contributed by atoms with Crippen LogP contribution < -0.4 is 10.5 Å². The van der Waals surface area contributed by atoms with Crippen molar-refractivity contribution in [2.24, 2.45) is 18.1 Å². The third-order valence-electron chi connectivity index (χ3n) is 9.25. The molecule has 1 saturated carbocycles. The van der Waals surface area contributed by atoms with E-state index in [0.717, 1.165) is 11.3 Å². The van der Waals surface area contributed by atoms with Gasteiger partial charge in [-0.15, -0.1) is 0 Å². The highest BCUT2D eigenvalue weighted by Gasteiger charge is 2.45. The third-order valence-corrected chi connectivity index (χ3v) is 13.7. The Morgan fingerprint density at radius 3 is 2.28 bits per heavy atom. The Hall–Kier alpha value is -4.06. The van der Waals surface area contributed by atoms with E-state index in [1.54, 1.807) is 31.3 Å². The number of oxime groups is 1. The molecule has 4 rings (SSSR count).